The summed E-state index contributed by atoms with van der Waals surface area (Å²) < 4.78 is 13.4. The molecule has 0 radical (unpaired) electrons. The Kier molecular flexibility index (Phi) is 4.81. The van der Waals surface area contributed by atoms with Gasteiger partial charge in [0.2, 0.25) is 0 Å². The molecule has 0 heterocycles. The van der Waals surface area contributed by atoms with Gasteiger partial charge in [0, 0.05) is 22.9 Å². The van der Waals surface area contributed by atoms with E-state index in [2.05, 4.69) is 10.6 Å². The Morgan fingerprint density at radius 3 is 2.67 bits per heavy atom. The summed E-state index contributed by atoms with van der Waals surface area (Å²) in [7, 11) is 0. The second-order valence-corrected chi connectivity index (χ2v) is 5.13. The first kappa shape index (κ1) is 15.3. The smallest absolute Gasteiger partial charge is 0.257 e. The van der Waals surface area contributed by atoms with Crippen molar-refractivity contribution in [2.75, 3.05) is 17.2 Å². The van der Waals surface area contributed by atoms with Crippen LogP contribution in [0.25, 0.3) is 0 Å². The van der Waals surface area contributed by atoms with E-state index >= 15 is 0 Å². The molecule has 0 aliphatic carbocycles. The summed E-state index contributed by atoms with van der Waals surface area (Å²) in [6.45, 7) is 4.38. The van der Waals surface area contributed by atoms with E-state index in [1.807, 2.05) is 6.92 Å². The summed E-state index contributed by atoms with van der Waals surface area (Å²) in [6.07, 6.45) is 0. The maximum atomic E-state index is 13.4. The molecule has 0 aliphatic rings. The van der Waals surface area contributed by atoms with Crippen molar-refractivity contribution in [2.45, 2.75) is 13.8 Å². The maximum Gasteiger partial charge on any atom is 0.257 e. The Bertz CT molecular complexity index is 653. The normalized spacial score (nSPS) is 10.3. The van der Waals surface area contributed by atoms with Crippen molar-refractivity contribution >= 4 is 28.9 Å². The number of benzene rings is 2. The van der Waals surface area contributed by atoms with E-state index in [1.165, 1.54) is 12.1 Å². The van der Waals surface area contributed by atoms with Crippen LogP contribution in [0.4, 0.5) is 15.8 Å². The van der Waals surface area contributed by atoms with Gasteiger partial charge in [0.05, 0.1) is 5.56 Å². The van der Waals surface area contributed by atoms with Gasteiger partial charge in [-0.3, -0.25) is 4.79 Å². The van der Waals surface area contributed by atoms with Crippen LogP contribution in [-0.4, -0.2) is 12.5 Å². The van der Waals surface area contributed by atoms with Crippen LogP contribution in [0.15, 0.2) is 36.4 Å². The molecule has 3 nitrogen and oxygen atoms in total. The highest BCUT2D eigenvalue weighted by Crippen LogP contribution is 2.22. The lowest BCUT2D eigenvalue weighted by molar-refractivity contribution is 0.102. The van der Waals surface area contributed by atoms with Crippen LogP contribution in [0.2, 0.25) is 5.02 Å². The number of carbonyl (C=O) groups excluding carboxylic acids is 1. The van der Waals surface area contributed by atoms with Gasteiger partial charge in [-0.1, -0.05) is 11.6 Å². The van der Waals surface area contributed by atoms with Gasteiger partial charge in [-0.2, -0.15) is 0 Å². The molecule has 110 valence electrons. The van der Waals surface area contributed by atoms with Gasteiger partial charge in [-0.25, -0.2) is 4.39 Å². The SMILES string of the molecule is CCNc1ccc(Cl)cc1C(=O)Nc1cc(C)cc(F)c1. The monoisotopic (exact) mass is 306 g/mol. The Balaban J connectivity index is 2.29. The minimum atomic E-state index is -0.386. The molecule has 5 heteroatoms. The van der Waals surface area contributed by atoms with E-state index in [-0.39, 0.29) is 11.7 Å². The molecule has 2 N–H and O–H groups in total. The highest BCUT2D eigenvalue weighted by atomic mass is 35.5. The number of carbonyl (C=O) groups is 1. The van der Waals surface area contributed by atoms with E-state index < -0.39 is 0 Å². The standard InChI is InChI=1S/C16H16ClFN2O/c1-3-19-15-5-4-11(17)8-14(15)16(21)20-13-7-10(2)6-12(18)9-13/h4-9,19H,3H2,1-2H3,(H,20,21). The molecule has 0 bridgehead atoms. The molecule has 0 atom stereocenters. The largest absolute Gasteiger partial charge is 0.385 e. The topological polar surface area (TPSA) is 41.1 Å². The molecule has 0 saturated heterocycles. The predicted molar refractivity (Wildman–Crippen MR) is 84.7 cm³/mol. The number of anilines is 2. The summed E-state index contributed by atoms with van der Waals surface area (Å²) in [5.41, 5.74) is 2.27. The van der Waals surface area contributed by atoms with E-state index in [0.717, 1.165) is 5.56 Å². The van der Waals surface area contributed by atoms with Gasteiger partial charge in [0.15, 0.2) is 0 Å². The van der Waals surface area contributed by atoms with Crippen molar-refractivity contribution in [1.82, 2.24) is 0 Å². The van der Waals surface area contributed by atoms with Crippen molar-refractivity contribution in [3.8, 4) is 0 Å². The lowest BCUT2D eigenvalue weighted by atomic mass is 10.1. The number of hydrogen-bond donors (Lipinski definition) is 2. The van der Waals surface area contributed by atoms with Crippen molar-refractivity contribution in [3.63, 3.8) is 0 Å². The highest BCUT2D eigenvalue weighted by Gasteiger charge is 2.12. The molecule has 0 aliphatic heterocycles. The molecule has 0 saturated carbocycles. The first-order valence-electron chi connectivity index (χ1n) is 6.61. The van der Waals surface area contributed by atoms with Crippen LogP contribution in [0.5, 0.6) is 0 Å². The molecule has 1 amide bonds. The molecule has 0 spiro atoms. The number of aryl methyl sites for hydroxylation is 1. The summed E-state index contributed by atoms with van der Waals surface area (Å²) in [6, 6.07) is 9.43. The quantitative estimate of drug-likeness (QED) is 0.875. The summed E-state index contributed by atoms with van der Waals surface area (Å²) in [4.78, 5) is 12.4. The lowest BCUT2D eigenvalue weighted by Crippen LogP contribution is -2.15. The second kappa shape index (κ2) is 6.59. The Hall–Kier alpha value is -2.07. The third-order valence-corrected chi connectivity index (χ3v) is 3.13. The number of amides is 1. The lowest BCUT2D eigenvalue weighted by Gasteiger charge is -2.12. The fourth-order valence-electron chi connectivity index (χ4n) is 2.06. The minimum absolute atomic E-state index is 0.335. The average Bonchev–Trinajstić information content (AvgIpc) is 2.39. The summed E-state index contributed by atoms with van der Waals surface area (Å²) in [5.74, 6) is -0.721. The average molecular weight is 307 g/mol. The number of rotatable bonds is 4. The van der Waals surface area contributed by atoms with Gasteiger partial charge >= 0.3 is 0 Å². The third kappa shape index (κ3) is 3.95. The van der Waals surface area contributed by atoms with Crippen LogP contribution in [-0.2, 0) is 0 Å². The van der Waals surface area contributed by atoms with E-state index in [4.69, 9.17) is 11.6 Å². The van der Waals surface area contributed by atoms with E-state index in [1.54, 1.807) is 31.2 Å². The Morgan fingerprint density at radius 2 is 2.00 bits per heavy atom. The molecule has 21 heavy (non-hydrogen) atoms. The molecule has 2 aromatic rings. The highest BCUT2D eigenvalue weighted by molar-refractivity contribution is 6.31. The Labute approximate surface area is 128 Å². The van der Waals surface area contributed by atoms with Gasteiger partial charge in [0.25, 0.3) is 5.91 Å². The van der Waals surface area contributed by atoms with Crippen LogP contribution in [0, 0.1) is 12.7 Å². The molecule has 0 unspecified atom stereocenters. The zero-order valence-electron chi connectivity index (χ0n) is 11.8. The van der Waals surface area contributed by atoms with E-state index in [9.17, 15) is 9.18 Å². The zero-order valence-corrected chi connectivity index (χ0v) is 12.6. The van der Waals surface area contributed by atoms with Crippen LogP contribution in [0.1, 0.15) is 22.8 Å². The number of nitrogens with one attached hydrogen (secondary N) is 2. The summed E-state index contributed by atoms with van der Waals surface area (Å²) >= 11 is 5.95. The zero-order chi connectivity index (χ0) is 15.4. The number of hydrogen-bond acceptors (Lipinski definition) is 2. The molecule has 2 rings (SSSR count). The van der Waals surface area contributed by atoms with Crippen LogP contribution >= 0.6 is 11.6 Å². The van der Waals surface area contributed by atoms with Gasteiger partial charge in [0.1, 0.15) is 5.82 Å². The minimum Gasteiger partial charge on any atom is -0.385 e. The van der Waals surface area contributed by atoms with Gasteiger partial charge in [-0.15, -0.1) is 0 Å². The fraction of sp³-hybridized carbons (Fsp3) is 0.188. The first-order chi connectivity index (χ1) is 9.99. The summed E-state index contributed by atoms with van der Waals surface area (Å²) in [5, 5.41) is 6.26. The third-order valence-electron chi connectivity index (χ3n) is 2.89. The molecule has 0 fully saturated rings. The van der Waals surface area contributed by atoms with Gasteiger partial charge in [-0.05, 0) is 55.8 Å². The van der Waals surface area contributed by atoms with Crippen molar-refractivity contribution in [1.29, 1.82) is 0 Å². The fourth-order valence-corrected chi connectivity index (χ4v) is 2.23. The molecule has 0 aromatic heterocycles. The van der Waals surface area contributed by atoms with E-state index in [0.29, 0.717) is 28.5 Å². The maximum absolute atomic E-state index is 13.4. The second-order valence-electron chi connectivity index (χ2n) is 4.69. The molecular formula is C16H16ClFN2O. The van der Waals surface area contributed by atoms with Gasteiger partial charge < -0.3 is 10.6 Å². The predicted octanol–water partition coefficient (Wildman–Crippen LogP) is 4.47. The Morgan fingerprint density at radius 1 is 1.24 bits per heavy atom. The van der Waals surface area contributed by atoms with Crippen molar-refractivity contribution in [2.24, 2.45) is 0 Å². The number of halogens is 2. The van der Waals surface area contributed by atoms with Crippen LogP contribution in [0.3, 0.4) is 0 Å². The molecule has 2 aromatic carbocycles. The van der Waals surface area contributed by atoms with Crippen molar-refractivity contribution < 1.29 is 9.18 Å². The molecular weight excluding hydrogens is 291 g/mol. The first-order valence-corrected chi connectivity index (χ1v) is 6.99. The van der Waals surface area contributed by atoms with Crippen molar-refractivity contribution in [3.05, 3.63) is 58.4 Å². The van der Waals surface area contributed by atoms with Crippen LogP contribution < -0.4 is 10.6 Å².